The van der Waals surface area contributed by atoms with Crippen molar-refractivity contribution in [3.63, 3.8) is 0 Å². The standard InChI is InChI=1S/C22H30ClN3O4/c23-16-8-6-15(7-9-16)13-24-21(28)12-18-10-11-19(20(14-27)30-18)26-22(29)25-17-4-2-1-3-5-17/h6-11,17-20,27H,1-5,12-14H2,(H,24,28)(H2,25,26,29)/t18-,19+,20-/m1/s1. The van der Waals surface area contributed by atoms with Crippen LogP contribution in [0.4, 0.5) is 4.79 Å². The second-order valence-corrected chi connectivity index (χ2v) is 8.30. The van der Waals surface area contributed by atoms with Crippen LogP contribution in [-0.4, -0.2) is 47.9 Å². The molecule has 3 atom stereocenters. The molecule has 1 saturated carbocycles. The van der Waals surface area contributed by atoms with Gasteiger partial charge < -0.3 is 25.8 Å². The fourth-order valence-electron chi connectivity index (χ4n) is 3.82. The molecule has 0 spiro atoms. The zero-order chi connectivity index (χ0) is 21.3. The minimum absolute atomic E-state index is 0.140. The highest BCUT2D eigenvalue weighted by Gasteiger charge is 2.29. The first-order chi connectivity index (χ1) is 14.5. The summed E-state index contributed by atoms with van der Waals surface area (Å²) in [5.74, 6) is -0.155. The summed E-state index contributed by atoms with van der Waals surface area (Å²) >= 11 is 5.86. The van der Waals surface area contributed by atoms with Gasteiger partial charge in [-0.2, -0.15) is 0 Å². The Kier molecular flexibility index (Phi) is 8.54. The van der Waals surface area contributed by atoms with Crippen molar-refractivity contribution in [1.82, 2.24) is 16.0 Å². The molecule has 0 bridgehead atoms. The summed E-state index contributed by atoms with van der Waals surface area (Å²) in [5.41, 5.74) is 0.953. The van der Waals surface area contributed by atoms with E-state index in [-0.39, 0.29) is 31.0 Å². The van der Waals surface area contributed by atoms with E-state index < -0.39 is 18.2 Å². The molecule has 4 N–H and O–H groups in total. The number of halogens is 1. The minimum atomic E-state index is -0.596. The van der Waals surface area contributed by atoms with Crippen LogP contribution in [0.3, 0.4) is 0 Å². The van der Waals surface area contributed by atoms with E-state index in [9.17, 15) is 14.7 Å². The zero-order valence-corrected chi connectivity index (χ0v) is 17.7. The first kappa shape index (κ1) is 22.6. The van der Waals surface area contributed by atoms with Gasteiger partial charge in [0.2, 0.25) is 5.91 Å². The maximum atomic E-state index is 12.3. The molecule has 8 heteroatoms. The molecule has 164 valence electrons. The summed E-state index contributed by atoms with van der Waals surface area (Å²) in [4.78, 5) is 24.5. The predicted octanol–water partition coefficient (Wildman–Crippen LogP) is 2.66. The summed E-state index contributed by atoms with van der Waals surface area (Å²) in [6.07, 6.45) is 8.15. The predicted molar refractivity (Wildman–Crippen MR) is 115 cm³/mol. The summed E-state index contributed by atoms with van der Waals surface area (Å²) in [6.45, 7) is 0.156. The Labute approximate surface area is 182 Å². The quantitative estimate of drug-likeness (QED) is 0.495. The number of aliphatic hydroxyl groups is 1. The van der Waals surface area contributed by atoms with Crippen LogP contribution in [0.1, 0.15) is 44.1 Å². The van der Waals surface area contributed by atoms with Gasteiger partial charge in [0.15, 0.2) is 0 Å². The van der Waals surface area contributed by atoms with E-state index >= 15 is 0 Å². The summed E-state index contributed by atoms with van der Waals surface area (Å²) in [7, 11) is 0. The molecule has 2 aliphatic rings. The van der Waals surface area contributed by atoms with Crippen molar-refractivity contribution in [1.29, 1.82) is 0 Å². The highest BCUT2D eigenvalue weighted by Crippen LogP contribution is 2.18. The largest absolute Gasteiger partial charge is 0.394 e. The number of rotatable bonds is 7. The van der Waals surface area contributed by atoms with E-state index in [1.54, 1.807) is 24.3 Å². The third kappa shape index (κ3) is 7.00. The van der Waals surface area contributed by atoms with Crippen molar-refractivity contribution in [2.45, 2.75) is 69.4 Å². The lowest BCUT2D eigenvalue weighted by Crippen LogP contribution is -2.53. The molecule has 1 aliphatic heterocycles. The smallest absolute Gasteiger partial charge is 0.315 e. The van der Waals surface area contributed by atoms with Crippen LogP contribution >= 0.6 is 11.6 Å². The highest BCUT2D eigenvalue weighted by atomic mass is 35.5. The van der Waals surface area contributed by atoms with Gasteiger partial charge in [-0.1, -0.05) is 55.1 Å². The third-order valence-electron chi connectivity index (χ3n) is 5.49. The van der Waals surface area contributed by atoms with Gasteiger partial charge in [0.1, 0.15) is 6.10 Å². The number of amides is 3. The molecular weight excluding hydrogens is 406 g/mol. The van der Waals surface area contributed by atoms with E-state index in [2.05, 4.69) is 16.0 Å². The Bertz CT molecular complexity index is 734. The number of hydrogen-bond acceptors (Lipinski definition) is 4. The molecule has 3 rings (SSSR count). The fourth-order valence-corrected chi connectivity index (χ4v) is 3.95. The highest BCUT2D eigenvalue weighted by molar-refractivity contribution is 6.30. The van der Waals surface area contributed by atoms with E-state index in [1.807, 2.05) is 12.1 Å². The second kappa shape index (κ2) is 11.3. The van der Waals surface area contributed by atoms with Gasteiger partial charge in [-0.15, -0.1) is 0 Å². The molecular formula is C22H30ClN3O4. The molecule has 30 heavy (non-hydrogen) atoms. The lowest BCUT2D eigenvalue weighted by Gasteiger charge is -2.32. The maximum absolute atomic E-state index is 12.3. The summed E-state index contributed by atoms with van der Waals surface area (Å²) in [5, 5.41) is 19.0. The van der Waals surface area contributed by atoms with Gasteiger partial charge in [-0.05, 0) is 30.5 Å². The number of ether oxygens (including phenoxy) is 1. The monoisotopic (exact) mass is 435 g/mol. The molecule has 1 heterocycles. The molecule has 1 aromatic rings. The number of nitrogens with one attached hydrogen (secondary N) is 3. The number of hydrogen-bond donors (Lipinski definition) is 4. The first-order valence-electron chi connectivity index (χ1n) is 10.6. The van der Waals surface area contributed by atoms with Crippen LogP contribution in [-0.2, 0) is 16.1 Å². The van der Waals surface area contributed by atoms with Gasteiger partial charge in [0, 0.05) is 17.6 Å². The number of carbonyl (C=O) groups is 2. The zero-order valence-electron chi connectivity index (χ0n) is 17.0. The Balaban J connectivity index is 1.44. The van der Waals surface area contributed by atoms with Crippen LogP contribution < -0.4 is 16.0 Å². The molecule has 7 nitrogen and oxygen atoms in total. The van der Waals surface area contributed by atoms with Crippen molar-refractivity contribution in [2.24, 2.45) is 0 Å². The second-order valence-electron chi connectivity index (χ2n) is 7.87. The average Bonchev–Trinajstić information content (AvgIpc) is 2.75. The number of aliphatic hydroxyl groups excluding tert-OH is 1. The first-order valence-corrected chi connectivity index (χ1v) is 10.9. The van der Waals surface area contributed by atoms with Crippen LogP contribution in [0.5, 0.6) is 0 Å². The van der Waals surface area contributed by atoms with Crippen molar-refractivity contribution >= 4 is 23.5 Å². The molecule has 1 aromatic carbocycles. The van der Waals surface area contributed by atoms with Crippen molar-refractivity contribution in [3.8, 4) is 0 Å². The Morgan fingerprint density at radius 2 is 1.80 bits per heavy atom. The van der Waals surface area contributed by atoms with Gasteiger partial charge in [0.05, 0.1) is 25.2 Å². The van der Waals surface area contributed by atoms with Crippen molar-refractivity contribution in [2.75, 3.05) is 6.61 Å². The number of carbonyl (C=O) groups excluding carboxylic acids is 2. The Morgan fingerprint density at radius 3 is 2.50 bits per heavy atom. The summed E-state index contributed by atoms with van der Waals surface area (Å²) < 4.78 is 5.82. The van der Waals surface area contributed by atoms with E-state index in [0.29, 0.717) is 11.6 Å². The van der Waals surface area contributed by atoms with E-state index in [1.165, 1.54) is 6.42 Å². The lowest BCUT2D eigenvalue weighted by molar-refractivity contribution is -0.125. The molecule has 0 aromatic heterocycles. The normalized spacial score (nSPS) is 24.3. The molecule has 1 fully saturated rings. The SMILES string of the molecule is O=C(C[C@H]1C=C[C@H](NC(=O)NC2CCCCC2)[C@@H](CO)O1)NCc1ccc(Cl)cc1. The summed E-state index contributed by atoms with van der Waals surface area (Å²) in [6, 6.07) is 6.78. The van der Waals surface area contributed by atoms with Crippen LogP contribution in [0, 0.1) is 0 Å². The number of urea groups is 1. The van der Waals surface area contributed by atoms with Crippen LogP contribution in [0.2, 0.25) is 5.02 Å². The molecule has 0 unspecified atom stereocenters. The topological polar surface area (TPSA) is 99.7 Å². The van der Waals surface area contributed by atoms with Gasteiger partial charge in [-0.25, -0.2) is 4.79 Å². The lowest BCUT2D eigenvalue weighted by atomic mass is 9.96. The van der Waals surface area contributed by atoms with Crippen molar-refractivity contribution in [3.05, 3.63) is 47.0 Å². The minimum Gasteiger partial charge on any atom is -0.394 e. The molecule has 3 amide bonds. The van der Waals surface area contributed by atoms with E-state index in [0.717, 1.165) is 31.2 Å². The number of benzene rings is 1. The Morgan fingerprint density at radius 1 is 1.07 bits per heavy atom. The molecule has 0 radical (unpaired) electrons. The average molecular weight is 436 g/mol. The van der Waals surface area contributed by atoms with Crippen LogP contribution in [0.15, 0.2) is 36.4 Å². The third-order valence-corrected chi connectivity index (χ3v) is 5.74. The molecule has 1 aliphatic carbocycles. The van der Waals surface area contributed by atoms with Gasteiger partial charge >= 0.3 is 6.03 Å². The van der Waals surface area contributed by atoms with Gasteiger partial charge in [-0.3, -0.25) is 4.79 Å². The van der Waals surface area contributed by atoms with Crippen molar-refractivity contribution < 1.29 is 19.4 Å². The maximum Gasteiger partial charge on any atom is 0.315 e. The van der Waals surface area contributed by atoms with Gasteiger partial charge in [0.25, 0.3) is 0 Å². The fraction of sp³-hybridized carbons (Fsp3) is 0.545. The molecule has 0 saturated heterocycles. The Hall–Kier alpha value is -2.09. The van der Waals surface area contributed by atoms with E-state index in [4.69, 9.17) is 16.3 Å². The van der Waals surface area contributed by atoms with Crippen LogP contribution in [0.25, 0.3) is 0 Å².